The molecule has 16 heavy (non-hydrogen) atoms. The molecule has 0 spiro atoms. The minimum Gasteiger partial charge on any atom is -0.381 e. The fraction of sp³-hybridized carbons (Fsp3) is 1.00. The highest BCUT2D eigenvalue weighted by Gasteiger charge is 2.29. The zero-order valence-corrected chi connectivity index (χ0v) is 10.4. The Morgan fingerprint density at radius 2 is 2.12 bits per heavy atom. The molecule has 4 unspecified atom stereocenters. The number of ether oxygens (including phenoxy) is 2. The quantitative estimate of drug-likeness (QED) is 0.798. The van der Waals surface area contributed by atoms with Gasteiger partial charge >= 0.3 is 0 Å². The van der Waals surface area contributed by atoms with Gasteiger partial charge in [0.1, 0.15) is 0 Å². The summed E-state index contributed by atoms with van der Waals surface area (Å²) in [7, 11) is 0. The van der Waals surface area contributed by atoms with Crippen LogP contribution in [0.4, 0.5) is 0 Å². The third-order valence-electron chi connectivity index (χ3n) is 4.10. The third-order valence-corrected chi connectivity index (χ3v) is 4.10. The molecule has 1 heterocycles. The van der Waals surface area contributed by atoms with E-state index in [1.54, 1.807) is 0 Å². The van der Waals surface area contributed by atoms with E-state index < -0.39 is 0 Å². The maximum absolute atomic E-state index is 6.12. The van der Waals surface area contributed by atoms with Gasteiger partial charge in [0, 0.05) is 18.6 Å². The van der Waals surface area contributed by atoms with Crippen LogP contribution in [0.5, 0.6) is 0 Å². The van der Waals surface area contributed by atoms with E-state index in [2.05, 4.69) is 6.92 Å². The molecule has 0 radical (unpaired) electrons. The molecular weight excluding hydrogens is 202 g/mol. The van der Waals surface area contributed by atoms with E-state index in [4.69, 9.17) is 15.2 Å². The smallest absolute Gasteiger partial charge is 0.0728 e. The standard InChI is InChI=1S/C13H25NO2/c1-2-10-3-4-12(14)13(7-10)16-9-11-5-6-15-8-11/h10-13H,2-9,14H2,1H3. The molecule has 1 saturated carbocycles. The highest BCUT2D eigenvalue weighted by Crippen LogP contribution is 2.28. The Morgan fingerprint density at radius 3 is 2.81 bits per heavy atom. The van der Waals surface area contributed by atoms with Crippen LogP contribution in [0.2, 0.25) is 0 Å². The van der Waals surface area contributed by atoms with E-state index in [9.17, 15) is 0 Å². The molecule has 2 aliphatic rings. The van der Waals surface area contributed by atoms with Crippen molar-refractivity contribution in [3.05, 3.63) is 0 Å². The summed E-state index contributed by atoms with van der Waals surface area (Å²) < 4.78 is 11.4. The van der Waals surface area contributed by atoms with Gasteiger partial charge in [0.05, 0.1) is 19.3 Å². The Kier molecular flexibility index (Phi) is 4.62. The molecule has 3 heteroatoms. The number of hydrogen-bond donors (Lipinski definition) is 1. The SMILES string of the molecule is CCC1CCC(N)C(OCC2CCOC2)C1. The van der Waals surface area contributed by atoms with E-state index in [1.807, 2.05) is 0 Å². The van der Waals surface area contributed by atoms with Crippen LogP contribution in [0, 0.1) is 11.8 Å². The lowest BCUT2D eigenvalue weighted by molar-refractivity contribution is -0.0184. The molecule has 1 aliphatic carbocycles. The zero-order valence-electron chi connectivity index (χ0n) is 10.4. The second-order valence-electron chi connectivity index (χ2n) is 5.35. The molecular formula is C13H25NO2. The van der Waals surface area contributed by atoms with E-state index in [0.29, 0.717) is 12.0 Å². The lowest BCUT2D eigenvalue weighted by atomic mass is 9.83. The van der Waals surface area contributed by atoms with E-state index >= 15 is 0 Å². The zero-order chi connectivity index (χ0) is 11.4. The van der Waals surface area contributed by atoms with Crippen molar-refractivity contribution in [2.75, 3.05) is 19.8 Å². The van der Waals surface area contributed by atoms with Gasteiger partial charge in [-0.25, -0.2) is 0 Å². The molecule has 0 bridgehead atoms. The van der Waals surface area contributed by atoms with Crippen LogP contribution >= 0.6 is 0 Å². The summed E-state index contributed by atoms with van der Waals surface area (Å²) in [6.45, 7) is 4.89. The first-order valence-corrected chi connectivity index (χ1v) is 6.74. The van der Waals surface area contributed by atoms with Crippen molar-refractivity contribution >= 4 is 0 Å². The molecule has 1 aliphatic heterocycles. The van der Waals surface area contributed by atoms with E-state index in [0.717, 1.165) is 45.0 Å². The summed E-state index contributed by atoms with van der Waals surface area (Å²) in [6, 6.07) is 0.255. The molecule has 0 aromatic carbocycles. The van der Waals surface area contributed by atoms with Crippen molar-refractivity contribution in [1.82, 2.24) is 0 Å². The van der Waals surface area contributed by atoms with Gasteiger partial charge in [-0.05, 0) is 31.6 Å². The molecule has 2 fully saturated rings. The molecule has 2 rings (SSSR count). The Hall–Kier alpha value is -0.120. The number of nitrogens with two attached hydrogens (primary N) is 1. The van der Waals surface area contributed by atoms with Crippen LogP contribution in [0.1, 0.15) is 39.0 Å². The van der Waals surface area contributed by atoms with Gasteiger partial charge in [0.2, 0.25) is 0 Å². The van der Waals surface area contributed by atoms with Crippen molar-refractivity contribution in [2.45, 2.75) is 51.2 Å². The Labute approximate surface area is 98.7 Å². The van der Waals surface area contributed by atoms with Gasteiger partial charge in [-0.2, -0.15) is 0 Å². The van der Waals surface area contributed by atoms with E-state index in [1.165, 1.54) is 12.8 Å². The van der Waals surface area contributed by atoms with Crippen molar-refractivity contribution in [2.24, 2.45) is 17.6 Å². The minimum absolute atomic E-state index is 0.255. The highest BCUT2D eigenvalue weighted by atomic mass is 16.5. The van der Waals surface area contributed by atoms with Crippen LogP contribution in [0.25, 0.3) is 0 Å². The first kappa shape index (κ1) is 12.3. The molecule has 3 nitrogen and oxygen atoms in total. The van der Waals surface area contributed by atoms with Crippen molar-refractivity contribution in [1.29, 1.82) is 0 Å². The van der Waals surface area contributed by atoms with Crippen LogP contribution in [0.3, 0.4) is 0 Å². The summed E-state index contributed by atoms with van der Waals surface area (Å²) in [5.41, 5.74) is 6.12. The minimum atomic E-state index is 0.255. The predicted molar refractivity (Wildman–Crippen MR) is 64.3 cm³/mol. The Balaban J connectivity index is 1.73. The summed E-state index contributed by atoms with van der Waals surface area (Å²) >= 11 is 0. The van der Waals surface area contributed by atoms with E-state index in [-0.39, 0.29) is 6.04 Å². The Morgan fingerprint density at radius 1 is 1.25 bits per heavy atom. The fourth-order valence-electron chi connectivity index (χ4n) is 2.77. The van der Waals surface area contributed by atoms with Crippen LogP contribution in [0.15, 0.2) is 0 Å². The second-order valence-corrected chi connectivity index (χ2v) is 5.35. The maximum Gasteiger partial charge on any atom is 0.0728 e. The largest absolute Gasteiger partial charge is 0.381 e. The Bertz CT molecular complexity index is 204. The van der Waals surface area contributed by atoms with Gasteiger partial charge in [-0.1, -0.05) is 13.3 Å². The first-order chi connectivity index (χ1) is 7.79. The number of rotatable bonds is 4. The molecule has 0 aromatic rings. The second kappa shape index (κ2) is 5.99. The normalized spacial score (nSPS) is 40.1. The topological polar surface area (TPSA) is 44.5 Å². The maximum atomic E-state index is 6.12. The van der Waals surface area contributed by atoms with Crippen LogP contribution in [-0.4, -0.2) is 32.0 Å². The fourth-order valence-corrected chi connectivity index (χ4v) is 2.77. The van der Waals surface area contributed by atoms with Gasteiger partial charge in [0.15, 0.2) is 0 Å². The van der Waals surface area contributed by atoms with Gasteiger partial charge in [-0.15, -0.1) is 0 Å². The van der Waals surface area contributed by atoms with Gasteiger partial charge < -0.3 is 15.2 Å². The lowest BCUT2D eigenvalue weighted by Crippen LogP contribution is -2.42. The molecule has 2 N–H and O–H groups in total. The summed E-state index contributed by atoms with van der Waals surface area (Å²) in [5.74, 6) is 1.43. The first-order valence-electron chi connectivity index (χ1n) is 6.74. The molecule has 0 amide bonds. The average Bonchev–Trinajstić information content (AvgIpc) is 2.81. The monoisotopic (exact) mass is 227 g/mol. The summed E-state index contributed by atoms with van der Waals surface area (Å²) in [5, 5.41) is 0. The van der Waals surface area contributed by atoms with Crippen LogP contribution in [-0.2, 0) is 9.47 Å². The number of hydrogen-bond acceptors (Lipinski definition) is 3. The van der Waals surface area contributed by atoms with Crippen LogP contribution < -0.4 is 5.73 Å². The van der Waals surface area contributed by atoms with Gasteiger partial charge in [0.25, 0.3) is 0 Å². The predicted octanol–water partition coefficient (Wildman–Crippen LogP) is 1.95. The highest BCUT2D eigenvalue weighted by molar-refractivity contribution is 4.83. The average molecular weight is 227 g/mol. The molecule has 1 saturated heterocycles. The van der Waals surface area contributed by atoms with Crippen molar-refractivity contribution in [3.8, 4) is 0 Å². The summed E-state index contributed by atoms with van der Waals surface area (Å²) in [4.78, 5) is 0. The van der Waals surface area contributed by atoms with Crippen molar-refractivity contribution in [3.63, 3.8) is 0 Å². The summed E-state index contributed by atoms with van der Waals surface area (Å²) in [6.07, 6.45) is 6.28. The lowest BCUT2D eigenvalue weighted by Gasteiger charge is -2.34. The van der Waals surface area contributed by atoms with Crippen molar-refractivity contribution < 1.29 is 9.47 Å². The molecule has 0 aromatic heterocycles. The molecule has 94 valence electrons. The molecule has 4 atom stereocenters. The third kappa shape index (κ3) is 3.19. The van der Waals surface area contributed by atoms with Gasteiger partial charge in [-0.3, -0.25) is 0 Å².